The number of carbonyl (C=O) groups excluding carboxylic acids is 3. The summed E-state index contributed by atoms with van der Waals surface area (Å²) in [4.78, 5) is 52.3. The molecule has 0 atom stereocenters. The molecule has 0 spiro atoms. The summed E-state index contributed by atoms with van der Waals surface area (Å²) in [6, 6.07) is 35.8. The second kappa shape index (κ2) is 15.0. The lowest BCUT2D eigenvalue weighted by atomic mass is 10.0. The second-order valence-corrected chi connectivity index (χ2v) is 11.2. The minimum absolute atomic E-state index is 0.296. The number of aliphatic imine (C=N–C) groups is 1. The summed E-state index contributed by atoms with van der Waals surface area (Å²) in [5, 5.41) is 9.99. The van der Waals surface area contributed by atoms with E-state index in [4.69, 9.17) is 14.4 Å². The molecule has 0 aliphatic rings. The van der Waals surface area contributed by atoms with Gasteiger partial charge in [-0.3, -0.25) is 4.57 Å². The normalized spacial score (nSPS) is 12.0. The second-order valence-electron chi connectivity index (χ2n) is 11.2. The predicted molar refractivity (Wildman–Crippen MR) is 194 cm³/mol. The zero-order valence-corrected chi connectivity index (χ0v) is 27.6. The predicted octanol–water partition coefficient (Wildman–Crippen LogP) is 8.34. The Morgan fingerprint density at radius 1 is 0.580 bits per heavy atom. The minimum atomic E-state index is -0.554. The summed E-state index contributed by atoms with van der Waals surface area (Å²) >= 11 is 0. The number of oxime groups is 2. The number of hydrogen-bond donors (Lipinski definition) is 0. The minimum Gasteiger partial charge on any atom is -0.462 e. The van der Waals surface area contributed by atoms with E-state index in [1.165, 1.54) is 0 Å². The van der Waals surface area contributed by atoms with Crippen LogP contribution in [0.3, 0.4) is 0 Å². The van der Waals surface area contributed by atoms with Gasteiger partial charge in [0.25, 0.3) is 0 Å². The zero-order chi connectivity index (χ0) is 35.0. The van der Waals surface area contributed by atoms with Gasteiger partial charge in [0.2, 0.25) is 0 Å². The van der Waals surface area contributed by atoms with Crippen molar-refractivity contribution in [3.8, 4) is 0 Å². The van der Waals surface area contributed by atoms with Crippen LogP contribution in [-0.2, 0) is 14.4 Å². The molecule has 0 amide bonds. The third-order valence-corrected chi connectivity index (χ3v) is 7.89. The summed E-state index contributed by atoms with van der Waals surface area (Å²) < 4.78 is 7.04. The molecule has 0 N–H and O–H groups in total. The molecule has 5 aromatic carbocycles. The fourth-order valence-electron chi connectivity index (χ4n) is 5.23. The highest BCUT2D eigenvalue weighted by Gasteiger charge is 2.15. The Labute approximate surface area is 287 Å². The van der Waals surface area contributed by atoms with Crippen LogP contribution in [0.2, 0.25) is 0 Å². The Kier molecular flexibility index (Phi) is 9.99. The number of ether oxygens (including phenoxy) is 1. The fraction of sp³-hybridized carbons (Fsp3) is 0.100. The van der Waals surface area contributed by atoms with Crippen molar-refractivity contribution in [3.63, 3.8) is 0 Å². The average Bonchev–Trinajstić information content (AvgIpc) is 3.47. The van der Waals surface area contributed by atoms with Gasteiger partial charge >= 0.3 is 17.9 Å². The van der Waals surface area contributed by atoms with Crippen molar-refractivity contribution in [1.29, 1.82) is 0 Å². The fourth-order valence-corrected chi connectivity index (χ4v) is 5.23. The molecular weight excluding hydrogens is 632 g/mol. The van der Waals surface area contributed by atoms with E-state index in [9.17, 15) is 14.4 Å². The van der Waals surface area contributed by atoms with E-state index >= 15 is 0 Å². The maximum atomic E-state index is 12.5. The van der Waals surface area contributed by atoms with Crippen LogP contribution >= 0.6 is 0 Å². The van der Waals surface area contributed by atoms with Gasteiger partial charge < -0.3 is 14.4 Å². The van der Waals surface area contributed by atoms with Gasteiger partial charge in [0, 0.05) is 10.8 Å². The Morgan fingerprint density at radius 2 is 1.02 bits per heavy atom. The highest BCUT2D eigenvalue weighted by Crippen LogP contribution is 2.31. The first-order valence-corrected chi connectivity index (χ1v) is 15.8. The lowest BCUT2D eigenvalue weighted by Crippen LogP contribution is -2.04. The molecule has 0 radical (unpaired) electrons. The van der Waals surface area contributed by atoms with Gasteiger partial charge in [0.15, 0.2) is 0 Å². The third kappa shape index (κ3) is 7.39. The van der Waals surface area contributed by atoms with Crippen LogP contribution in [0.5, 0.6) is 0 Å². The van der Waals surface area contributed by atoms with Gasteiger partial charge in [-0.2, -0.15) is 0 Å². The van der Waals surface area contributed by atoms with Crippen LogP contribution in [0, 0.1) is 0 Å². The summed E-state index contributed by atoms with van der Waals surface area (Å²) in [5.41, 5.74) is 6.11. The Hall–Kier alpha value is -6.68. The van der Waals surface area contributed by atoms with Gasteiger partial charge in [0.1, 0.15) is 6.34 Å². The summed E-state index contributed by atoms with van der Waals surface area (Å²) in [7, 11) is 0. The van der Waals surface area contributed by atoms with Crippen molar-refractivity contribution in [1.82, 2.24) is 4.57 Å². The number of esters is 1. The molecule has 10 heteroatoms. The van der Waals surface area contributed by atoms with Crippen molar-refractivity contribution in [2.45, 2.75) is 20.8 Å². The van der Waals surface area contributed by atoms with Crippen molar-refractivity contribution >= 4 is 63.2 Å². The van der Waals surface area contributed by atoms with E-state index in [0.29, 0.717) is 40.4 Å². The summed E-state index contributed by atoms with van der Waals surface area (Å²) in [5.74, 6) is -1.50. The Bertz CT molecular complexity index is 2160. The van der Waals surface area contributed by atoms with E-state index < -0.39 is 11.9 Å². The van der Waals surface area contributed by atoms with Crippen LogP contribution < -0.4 is 0 Å². The Morgan fingerprint density at radius 3 is 1.48 bits per heavy atom. The van der Waals surface area contributed by atoms with Crippen LogP contribution in [0.15, 0.2) is 137 Å². The number of aromatic nitrogens is 1. The average molecular weight is 665 g/mol. The highest BCUT2D eigenvalue weighted by atomic mass is 16.7. The first kappa shape index (κ1) is 33.2. The number of nitrogens with zero attached hydrogens (tertiary/aromatic N) is 4. The highest BCUT2D eigenvalue weighted by molar-refractivity contribution is 6.16. The molecule has 0 unspecified atom stereocenters. The van der Waals surface area contributed by atoms with E-state index in [-0.39, 0.29) is 5.97 Å². The smallest absolute Gasteiger partial charge is 0.365 e. The third-order valence-electron chi connectivity index (χ3n) is 7.89. The molecule has 0 saturated heterocycles. The van der Waals surface area contributed by atoms with Gasteiger partial charge in [-0.1, -0.05) is 58.8 Å². The molecule has 10 nitrogen and oxygen atoms in total. The molecule has 50 heavy (non-hydrogen) atoms. The van der Waals surface area contributed by atoms with Crippen LogP contribution in [0.25, 0.3) is 21.8 Å². The monoisotopic (exact) mass is 664 g/mol. The van der Waals surface area contributed by atoms with Gasteiger partial charge in [0.05, 0.1) is 51.4 Å². The summed E-state index contributed by atoms with van der Waals surface area (Å²) in [6.45, 7) is 5.59. The molecule has 0 aliphatic carbocycles. The van der Waals surface area contributed by atoms with Gasteiger partial charge in [-0.15, -0.1) is 0 Å². The van der Waals surface area contributed by atoms with Gasteiger partial charge in [-0.25, -0.2) is 19.4 Å². The number of fused-ring (bicyclic) bond motifs is 3. The lowest BCUT2D eigenvalue weighted by molar-refractivity contribution is 0.0508. The topological polar surface area (TPSA) is 121 Å². The van der Waals surface area contributed by atoms with Crippen molar-refractivity contribution in [3.05, 3.63) is 149 Å². The first-order chi connectivity index (χ1) is 24.3. The number of hydrogen-bond acceptors (Lipinski definition) is 9. The molecule has 0 saturated carbocycles. The van der Waals surface area contributed by atoms with E-state index in [1.54, 1.807) is 99.9 Å². The van der Waals surface area contributed by atoms with Crippen LogP contribution in [-0.4, -0.2) is 46.8 Å². The molecule has 1 aromatic heterocycles. The van der Waals surface area contributed by atoms with E-state index in [0.717, 1.165) is 32.9 Å². The SMILES string of the molecule is CCOC(=O)c1ccc(N=Cn2c3ccc(C(C)=NOC(=O)c4ccccc4)cc3c3cc(C(C)=NOC(=O)c4ccccc4)ccc32)cc1. The van der Waals surface area contributed by atoms with Crippen molar-refractivity contribution in [2.75, 3.05) is 6.61 Å². The molecular formula is C40H32N4O6. The molecule has 1 heterocycles. The quantitative estimate of drug-likeness (QED) is 0.0477. The zero-order valence-electron chi connectivity index (χ0n) is 27.6. The Balaban J connectivity index is 1.36. The van der Waals surface area contributed by atoms with E-state index in [1.807, 2.05) is 53.1 Å². The largest absolute Gasteiger partial charge is 0.462 e. The standard InChI is InChI=1S/C40H32N4O6/c1-4-48-38(45)30-15-19-33(20-16-30)41-25-44-36-21-17-31(26(2)42-49-39(46)28-11-7-5-8-12-28)23-34(36)35-24-32(18-22-37(35)44)27(3)43-50-40(47)29-13-9-6-10-14-29/h5-25H,4H2,1-3H3. The molecule has 0 aliphatic heterocycles. The first-order valence-electron chi connectivity index (χ1n) is 15.8. The maximum Gasteiger partial charge on any atom is 0.365 e. The van der Waals surface area contributed by atoms with E-state index in [2.05, 4.69) is 15.3 Å². The van der Waals surface area contributed by atoms with Crippen LogP contribution in [0.4, 0.5) is 5.69 Å². The van der Waals surface area contributed by atoms with Crippen LogP contribution in [0.1, 0.15) is 63.0 Å². The number of rotatable bonds is 10. The molecule has 6 rings (SSSR count). The molecule has 6 aromatic rings. The number of carbonyl (C=O) groups is 3. The van der Waals surface area contributed by atoms with Crippen molar-refractivity contribution < 1.29 is 28.8 Å². The maximum absolute atomic E-state index is 12.5. The molecule has 0 bridgehead atoms. The molecule has 0 fully saturated rings. The lowest BCUT2D eigenvalue weighted by Gasteiger charge is -2.04. The summed E-state index contributed by atoms with van der Waals surface area (Å²) in [6.07, 6.45) is 1.72. The van der Waals surface area contributed by atoms with Crippen molar-refractivity contribution in [2.24, 2.45) is 15.3 Å². The number of benzene rings is 5. The molecule has 248 valence electrons. The van der Waals surface area contributed by atoms with Gasteiger partial charge in [-0.05, 0) is 105 Å².